The number of carbonyl (C=O) groups is 3. The summed E-state index contributed by atoms with van der Waals surface area (Å²) < 4.78 is 10.7. The van der Waals surface area contributed by atoms with Gasteiger partial charge >= 0.3 is 12.1 Å². The molecule has 2 unspecified atom stereocenters. The number of nitrogens with one attached hydrogen (secondary N) is 1. The van der Waals surface area contributed by atoms with Crippen LogP contribution in [0.3, 0.4) is 0 Å². The first-order valence-electron chi connectivity index (χ1n) is 10.9. The van der Waals surface area contributed by atoms with Crippen molar-refractivity contribution in [1.29, 1.82) is 0 Å². The quantitative estimate of drug-likeness (QED) is 0.530. The van der Waals surface area contributed by atoms with Gasteiger partial charge in [0.25, 0.3) is 5.91 Å². The summed E-state index contributed by atoms with van der Waals surface area (Å²) in [5.74, 6) is -2.30. The van der Waals surface area contributed by atoms with E-state index in [-0.39, 0.29) is 36.9 Å². The molecule has 0 bridgehead atoms. The van der Waals surface area contributed by atoms with Crippen LogP contribution in [0.5, 0.6) is 0 Å². The fourth-order valence-electron chi connectivity index (χ4n) is 4.72. The van der Waals surface area contributed by atoms with Crippen molar-refractivity contribution in [2.75, 3.05) is 18.5 Å². The van der Waals surface area contributed by atoms with Crippen LogP contribution in [0.2, 0.25) is 0 Å². The second-order valence-corrected chi connectivity index (χ2v) is 8.32. The Hall–Kier alpha value is -4.11. The van der Waals surface area contributed by atoms with Crippen LogP contribution in [0, 0.1) is 0 Å². The molecule has 0 saturated carbocycles. The van der Waals surface area contributed by atoms with Crippen LogP contribution >= 0.6 is 0 Å². The number of benzene rings is 2. The average molecular weight is 462 g/mol. The van der Waals surface area contributed by atoms with Gasteiger partial charge in [-0.2, -0.15) is 0 Å². The Kier molecular flexibility index (Phi) is 5.54. The summed E-state index contributed by atoms with van der Waals surface area (Å²) in [7, 11) is 0. The van der Waals surface area contributed by atoms with Crippen LogP contribution < -0.4 is 5.32 Å². The number of aliphatic carboxylic acids is 1. The number of β-amino-alcohol motifs (C(OH)–C–C–N with tert-alkyl or cyclic N) is 1. The molecule has 2 aliphatic rings. The fourth-order valence-corrected chi connectivity index (χ4v) is 4.72. The van der Waals surface area contributed by atoms with Crippen molar-refractivity contribution in [3.63, 3.8) is 0 Å². The summed E-state index contributed by atoms with van der Waals surface area (Å²) >= 11 is 0. The topological polar surface area (TPSA) is 129 Å². The summed E-state index contributed by atoms with van der Waals surface area (Å²) in [6.45, 7) is -0.0404. The van der Waals surface area contributed by atoms with E-state index in [4.69, 9.17) is 9.15 Å². The number of aliphatic hydroxyl groups excluding tert-OH is 1. The van der Waals surface area contributed by atoms with E-state index in [0.717, 1.165) is 27.2 Å². The third kappa shape index (κ3) is 3.80. The minimum absolute atomic E-state index is 0.0627. The van der Waals surface area contributed by atoms with E-state index in [1.54, 1.807) is 0 Å². The van der Waals surface area contributed by atoms with Crippen molar-refractivity contribution >= 4 is 23.7 Å². The second-order valence-electron chi connectivity index (χ2n) is 8.32. The van der Waals surface area contributed by atoms with Crippen LogP contribution in [0.25, 0.3) is 11.1 Å². The molecule has 0 spiro atoms. The van der Waals surface area contributed by atoms with Gasteiger partial charge in [-0.1, -0.05) is 48.5 Å². The number of fused-ring (bicyclic) bond motifs is 3. The van der Waals surface area contributed by atoms with Crippen molar-refractivity contribution in [2.45, 2.75) is 24.5 Å². The Morgan fingerprint density at radius 1 is 1.03 bits per heavy atom. The molecule has 34 heavy (non-hydrogen) atoms. The molecular weight excluding hydrogens is 440 g/mol. The van der Waals surface area contributed by atoms with E-state index < -0.39 is 30.1 Å². The number of ether oxygens (including phenoxy) is 1. The monoisotopic (exact) mass is 462 g/mol. The molecule has 1 fully saturated rings. The highest BCUT2D eigenvalue weighted by atomic mass is 16.5. The number of hydrogen-bond acceptors (Lipinski definition) is 6. The van der Waals surface area contributed by atoms with Gasteiger partial charge in [-0.3, -0.25) is 10.1 Å². The molecule has 2 atom stereocenters. The summed E-state index contributed by atoms with van der Waals surface area (Å²) in [6, 6.07) is 16.1. The van der Waals surface area contributed by atoms with Gasteiger partial charge in [-0.05, 0) is 22.3 Å². The maximum absolute atomic E-state index is 12.9. The van der Waals surface area contributed by atoms with Crippen molar-refractivity contribution in [3.8, 4) is 11.1 Å². The molecule has 0 radical (unpaired) electrons. The highest BCUT2D eigenvalue weighted by Gasteiger charge is 2.41. The first kappa shape index (κ1) is 21.7. The summed E-state index contributed by atoms with van der Waals surface area (Å²) in [5, 5.41) is 21.7. The predicted octanol–water partition coefficient (Wildman–Crippen LogP) is 3.30. The Morgan fingerprint density at radius 3 is 2.32 bits per heavy atom. The molecule has 2 amide bonds. The Bertz CT molecular complexity index is 1220. The van der Waals surface area contributed by atoms with E-state index in [1.807, 2.05) is 48.5 Å². The lowest BCUT2D eigenvalue weighted by atomic mass is 9.98. The number of nitrogens with zero attached hydrogens (tertiary/aromatic N) is 1. The highest BCUT2D eigenvalue weighted by molar-refractivity contribution is 6.02. The third-order valence-electron chi connectivity index (χ3n) is 6.26. The van der Waals surface area contributed by atoms with E-state index in [9.17, 15) is 24.6 Å². The van der Waals surface area contributed by atoms with Gasteiger partial charge in [0.1, 0.15) is 12.6 Å². The van der Waals surface area contributed by atoms with Gasteiger partial charge in [0, 0.05) is 24.9 Å². The number of carboxylic acids is 1. The number of likely N-dealkylation sites (tertiary alicyclic amines) is 1. The second kappa shape index (κ2) is 8.68. The molecule has 3 N–H and O–H groups in total. The lowest BCUT2D eigenvalue weighted by Crippen LogP contribution is -2.40. The standard InChI is InChI=1S/C25H22N2O7/c28-14-11-21(24(30)31)27(12-14)23(29)22-20(9-10-33-22)26-25(32)34-13-19-17-7-3-1-5-15(17)16-6-2-4-8-18(16)19/h1-10,14,19,21,28H,11-13H2,(H,26,32)(H,30,31). The number of carboxylic acid groups (broad SMARTS) is 1. The van der Waals surface area contributed by atoms with Gasteiger partial charge in [-0.25, -0.2) is 9.59 Å². The largest absolute Gasteiger partial charge is 0.480 e. The maximum atomic E-state index is 12.9. The van der Waals surface area contributed by atoms with Gasteiger partial charge < -0.3 is 24.3 Å². The van der Waals surface area contributed by atoms with Gasteiger partial charge in [0.05, 0.1) is 18.1 Å². The summed E-state index contributed by atoms with van der Waals surface area (Å²) in [6.07, 6.45) is -0.571. The van der Waals surface area contributed by atoms with Crippen LogP contribution in [0.4, 0.5) is 10.5 Å². The van der Waals surface area contributed by atoms with E-state index >= 15 is 0 Å². The fraction of sp³-hybridized carbons (Fsp3) is 0.240. The lowest BCUT2D eigenvalue weighted by Gasteiger charge is -2.20. The average Bonchev–Trinajstić information content (AvgIpc) is 3.53. The highest BCUT2D eigenvalue weighted by Crippen LogP contribution is 2.44. The smallest absolute Gasteiger partial charge is 0.411 e. The SMILES string of the molecule is O=C(Nc1ccoc1C(=O)N1CC(O)CC1C(=O)O)OCC1c2ccccc2-c2ccccc21. The molecule has 1 aliphatic carbocycles. The molecule has 9 heteroatoms. The van der Waals surface area contributed by atoms with Crippen LogP contribution in [-0.2, 0) is 9.53 Å². The number of amides is 2. The number of anilines is 1. The van der Waals surface area contributed by atoms with E-state index in [2.05, 4.69) is 5.32 Å². The minimum atomic E-state index is -1.22. The lowest BCUT2D eigenvalue weighted by molar-refractivity contribution is -0.141. The molecular formula is C25H22N2O7. The molecule has 1 saturated heterocycles. The Labute approximate surface area is 194 Å². The zero-order chi connectivity index (χ0) is 23.8. The van der Waals surface area contributed by atoms with Crippen molar-refractivity contribution in [3.05, 3.63) is 77.7 Å². The number of carbonyl (C=O) groups excluding carboxylic acids is 2. The summed E-state index contributed by atoms with van der Waals surface area (Å²) in [5.41, 5.74) is 4.42. The van der Waals surface area contributed by atoms with Crippen molar-refractivity contribution in [1.82, 2.24) is 4.90 Å². The first-order valence-corrected chi connectivity index (χ1v) is 10.9. The zero-order valence-electron chi connectivity index (χ0n) is 18.0. The first-order chi connectivity index (χ1) is 16.4. The normalized spacial score (nSPS) is 18.9. The van der Waals surface area contributed by atoms with Gasteiger partial charge in [0.2, 0.25) is 5.76 Å². The minimum Gasteiger partial charge on any atom is -0.480 e. The zero-order valence-corrected chi connectivity index (χ0v) is 18.0. The van der Waals surface area contributed by atoms with Gasteiger partial charge in [0.15, 0.2) is 0 Å². The Balaban J connectivity index is 1.28. The third-order valence-corrected chi connectivity index (χ3v) is 6.26. The Morgan fingerprint density at radius 2 is 1.68 bits per heavy atom. The number of hydrogen-bond donors (Lipinski definition) is 3. The number of aliphatic hydroxyl groups is 1. The number of rotatable bonds is 5. The maximum Gasteiger partial charge on any atom is 0.411 e. The number of furan rings is 1. The molecule has 2 aromatic carbocycles. The molecule has 1 aliphatic heterocycles. The molecule has 3 aromatic rings. The van der Waals surface area contributed by atoms with E-state index in [1.165, 1.54) is 12.3 Å². The van der Waals surface area contributed by atoms with Crippen LogP contribution in [0.1, 0.15) is 34.0 Å². The van der Waals surface area contributed by atoms with E-state index in [0.29, 0.717) is 0 Å². The molecule has 2 heterocycles. The van der Waals surface area contributed by atoms with Crippen molar-refractivity contribution in [2.24, 2.45) is 0 Å². The van der Waals surface area contributed by atoms with Crippen LogP contribution in [-0.4, -0.2) is 58.4 Å². The summed E-state index contributed by atoms with van der Waals surface area (Å²) in [4.78, 5) is 37.9. The van der Waals surface area contributed by atoms with Crippen LogP contribution in [0.15, 0.2) is 65.3 Å². The molecule has 174 valence electrons. The molecule has 1 aromatic heterocycles. The van der Waals surface area contributed by atoms with Crippen molar-refractivity contribution < 1.29 is 33.8 Å². The molecule has 5 rings (SSSR count). The van der Waals surface area contributed by atoms with Gasteiger partial charge in [-0.15, -0.1) is 0 Å². The predicted molar refractivity (Wildman–Crippen MR) is 120 cm³/mol. The molecule has 9 nitrogen and oxygen atoms in total.